The van der Waals surface area contributed by atoms with Gasteiger partial charge in [-0.05, 0) is 6.42 Å². The number of carbonyl (C=O) groups is 1. The molecule has 0 atom stereocenters. The van der Waals surface area contributed by atoms with Crippen LogP contribution in [0.5, 0.6) is 0 Å². The lowest BCUT2D eigenvalue weighted by atomic mass is 10.2. The number of hydrogen-bond donors (Lipinski definition) is 1. The summed E-state index contributed by atoms with van der Waals surface area (Å²) in [4.78, 5) is 10.0. The summed E-state index contributed by atoms with van der Waals surface area (Å²) in [5, 5.41) is 8.22. The quantitative estimate of drug-likeness (QED) is 0.583. The van der Waals surface area contributed by atoms with Gasteiger partial charge >= 0.3 is 5.97 Å². The molecular weight excluding hydrogens is 128 g/mol. The van der Waals surface area contributed by atoms with Gasteiger partial charge in [-0.15, -0.1) is 0 Å². The zero-order chi connectivity index (χ0) is 6.57. The molecule has 0 aliphatic heterocycles. The van der Waals surface area contributed by atoms with Crippen LogP contribution in [0.1, 0.15) is 13.3 Å². The van der Waals surface area contributed by atoms with Crippen LogP contribution in [0, 0.1) is 0 Å². The van der Waals surface area contributed by atoms with E-state index in [9.17, 15) is 4.79 Å². The summed E-state index contributed by atoms with van der Waals surface area (Å²) in [5.74, 6) is -0.942. The van der Waals surface area contributed by atoms with Gasteiger partial charge in [0.1, 0.15) is 0 Å². The van der Waals surface area contributed by atoms with E-state index in [0.717, 1.165) is 5.54 Å². The van der Waals surface area contributed by atoms with Gasteiger partial charge in [-0.3, -0.25) is 0 Å². The summed E-state index contributed by atoms with van der Waals surface area (Å²) >= 11 is 5.12. The molecule has 0 radical (unpaired) electrons. The SMILES string of the molecule is CCC(=CCl)C(=O)O. The fourth-order valence-corrected chi connectivity index (χ4v) is 0.523. The largest absolute Gasteiger partial charge is 0.478 e. The van der Waals surface area contributed by atoms with E-state index in [1.807, 2.05) is 0 Å². The van der Waals surface area contributed by atoms with Crippen LogP contribution in [0.15, 0.2) is 11.1 Å². The molecule has 0 aromatic rings. The molecule has 0 spiro atoms. The Morgan fingerprint density at radius 2 is 2.38 bits per heavy atom. The van der Waals surface area contributed by atoms with E-state index in [4.69, 9.17) is 16.7 Å². The maximum atomic E-state index is 10.0. The van der Waals surface area contributed by atoms with Gasteiger partial charge in [-0.2, -0.15) is 0 Å². The molecule has 0 saturated heterocycles. The minimum Gasteiger partial charge on any atom is -0.478 e. The first kappa shape index (κ1) is 7.50. The van der Waals surface area contributed by atoms with Gasteiger partial charge in [0.2, 0.25) is 0 Å². The topological polar surface area (TPSA) is 37.3 Å². The molecule has 46 valence electrons. The van der Waals surface area contributed by atoms with E-state index in [2.05, 4.69) is 0 Å². The summed E-state index contributed by atoms with van der Waals surface area (Å²) in [6.07, 6.45) is 0.471. The van der Waals surface area contributed by atoms with Crippen LogP contribution < -0.4 is 0 Å². The van der Waals surface area contributed by atoms with Crippen molar-refractivity contribution in [3.8, 4) is 0 Å². The maximum absolute atomic E-state index is 10.0. The number of hydrogen-bond acceptors (Lipinski definition) is 1. The zero-order valence-electron chi connectivity index (χ0n) is 4.52. The smallest absolute Gasteiger partial charge is 0.332 e. The van der Waals surface area contributed by atoms with Crippen molar-refractivity contribution in [2.24, 2.45) is 0 Å². The Bertz CT molecular complexity index is 118. The molecule has 0 aromatic heterocycles. The van der Waals surface area contributed by atoms with Crippen LogP contribution in [-0.2, 0) is 4.79 Å². The maximum Gasteiger partial charge on any atom is 0.332 e. The van der Waals surface area contributed by atoms with Crippen LogP contribution in [0.25, 0.3) is 0 Å². The Balaban J connectivity index is 3.92. The Morgan fingerprint density at radius 1 is 1.88 bits per heavy atom. The lowest BCUT2D eigenvalue weighted by Crippen LogP contribution is -1.97. The van der Waals surface area contributed by atoms with Crippen molar-refractivity contribution >= 4 is 17.6 Å². The first-order valence-electron chi connectivity index (χ1n) is 2.25. The molecule has 0 saturated carbocycles. The minimum absolute atomic E-state index is 0.242. The molecule has 0 aliphatic rings. The van der Waals surface area contributed by atoms with Crippen LogP contribution in [0.2, 0.25) is 0 Å². The van der Waals surface area contributed by atoms with E-state index in [1.54, 1.807) is 6.92 Å². The number of halogens is 1. The van der Waals surface area contributed by atoms with Gasteiger partial charge in [0, 0.05) is 11.1 Å². The van der Waals surface area contributed by atoms with E-state index < -0.39 is 5.97 Å². The van der Waals surface area contributed by atoms with Crippen molar-refractivity contribution < 1.29 is 9.90 Å². The van der Waals surface area contributed by atoms with Crippen molar-refractivity contribution in [1.29, 1.82) is 0 Å². The van der Waals surface area contributed by atoms with Crippen molar-refractivity contribution in [3.63, 3.8) is 0 Å². The first-order chi connectivity index (χ1) is 3.72. The fourth-order valence-electron chi connectivity index (χ4n) is 0.275. The highest BCUT2D eigenvalue weighted by atomic mass is 35.5. The second kappa shape index (κ2) is 3.50. The summed E-state index contributed by atoms with van der Waals surface area (Å²) in [7, 11) is 0. The molecule has 0 rings (SSSR count). The molecule has 2 nitrogen and oxygen atoms in total. The average molecular weight is 135 g/mol. The highest BCUT2D eigenvalue weighted by molar-refractivity contribution is 6.27. The Morgan fingerprint density at radius 3 is 2.38 bits per heavy atom. The third kappa shape index (κ3) is 1.98. The van der Waals surface area contributed by atoms with Gasteiger partial charge in [-0.25, -0.2) is 4.79 Å². The van der Waals surface area contributed by atoms with E-state index >= 15 is 0 Å². The van der Waals surface area contributed by atoms with Crippen molar-refractivity contribution in [2.75, 3.05) is 0 Å². The Hall–Kier alpha value is -0.500. The molecule has 0 bridgehead atoms. The van der Waals surface area contributed by atoms with Gasteiger partial charge < -0.3 is 5.11 Å². The van der Waals surface area contributed by atoms with Crippen LogP contribution in [-0.4, -0.2) is 11.1 Å². The van der Waals surface area contributed by atoms with E-state index in [1.165, 1.54) is 0 Å². The molecule has 8 heavy (non-hydrogen) atoms. The lowest BCUT2D eigenvalue weighted by molar-refractivity contribution is -0.132. The number of carboxylic acids is 1. The third-order valence-corrected chi connectivity index (χ3v) is 1.05. The molecule has 1 N–H and O–H groups in total. The van der Waals surface area contributed by atoms with Crippen molar-refractivity contribution in [1.82, 2.24) is 0 Å². The molecule has 0 unspecified atom stereocenters. The molecule has 0 heterocycles. The average Bonchev–Trinajstić information content (AvgIpc) is 1.69. The summed E-state index contributed by atoms with van der Waals surface area (Å²) in [5.41, 5.74) is 1.33. The van der Waals surface area contributed by atoms with Gasteiger partial charge in [-0.1, -0.05) is 18.5 Å². The second-order valence-corrected chi connectivity index (χ2v) is 1.51. The summed E-state index contributed by atoms with van der Waals surface area (Å²) in [6.45, 7) is 1.74. The molecule has 0 aliphatic carbocycles. The number of rotatable bonds is 2. The predicted octanol–water partition coefficient (Wildman–Crippen LogP) is 1.60. The highest BCUT2D eigenvalue weighted by Gasteiger charge is 2.00. The zero-order valence-corrected chi connectivity index (χ0v) is 5.27. The Kier molecular flexibility index (Phi) is 3.28. The van der Waals surface area contributed by atoms with Gasteiger partial charge in [0.25, 0.3) is 0 Å². The molecule has 3 heteroatoms. The first-order valence-corrected chi connectivity index (χ1v) is 2.68. The van der Waals surface area contributed by atoms with E-state index in [0.29, 0.717) is 6.42 Å². The standard InChI is InChI=1S/C5H7ClO2/c1-2-4(3-6)5(7)8/h3H,2H2,1H3,(H,7,8). The highest BCUT2D eigenvalue weighted by Crippen LogP contribution is 2.00. The molecule has 0 amide bonds. The van der Waals surface area contributed by atoms with Crippen molar-refractivity contribution in [3.05, 3.63) is 11.1 Å². The minimum atomic E-state index is -0.942. The van der Waals surface area contributed by atoms with Gasteiger partial charge in [0.15, 0.2) is 0 Å². The van der Waals surface area contributed by atoms with Crippen LogP contribution >= 0.6 is 11.6 Å². The fraction of sp³-hybridized carbons (Fsp3) is 0.400. The normalized spacial score (nSPS) is 11.5. The van der Waals surface area contributed by atoms with Gasteiger partial charge in [0.05, 0.1) is 0 Å². The van der Waals surface area contributed by atoms with Crippen LogP contribution in [0.3, 0.4) is 0 Å². The molecule has 0 fully saturated rings. The van der Waals surface area contributed by atoms with E-state index in [-0.39, 0.29) is 5.57 Å². The monoisotopic (exact) mass is 134 g/mol. The number of carboxylic acid groups (broad SMARTS) is 1. The Labute approximate surface area is 52.8 Å². The summed E-state index contributed by atoms with van der Waals surface area (Å²) < 4.78 is 0. The number of aliphatic carboxylic acids is 1. The second-order valence-electron chi connectivity index (χ2n) is 1.29. The summed E-state index contributed by atoms with van der Waals surface area (Å²) in [6, 6.07) is 0. The van der Waals surface area contributed by atoms with Crippen LogP contribution in [0.4, 0.5) is 0 Å². The predicted molar refractivity (Wildman–Crippen MR) is 31.9 cm³/mol. The van der Waals surface area contributed by atoms with Crippen molar-refractivity contribution in [2.45, 2.75) is 13.3 Å². The third-order valence-electron chi connectivity index (χ3n) is 0.787. The molecule has 0 aromatic carbocycles. The molecular formula is C5H7ClO2. The lowest BCUT2D eigenvalue weighted by Gasteiger charge is -1.89.